The van der Waals surface area contributed by atoms with Gasteiger partial charge in [-0.05, 0) is 42.2 Å². The van der Waals surface area contributed by atoms with Gasteiger partial charge in [0.25, 0.3) is 0 Å². The van der Waals surface area contributed by atoms with Crippen LogP contribution in [0.2, 0.25) is 0 Å². The molecule has 2 aliphatic heterocycles. The van der Waals surface area contributed by atoms with E-state index in [0.717, 1.165) is 49.8 Å². The number of fused-ring (bicyclic) bond motifs is 2. The SMILES string of the molecule is COc1ccc(-c2cnc3n2C[C@@H]2CN(Cc4cccnc4OC)C[C@@H]2C3)cc1. The molecule has 0 amide bonds. The van der Waals surface area contributed by atoms with E-state index < -0.39 is 0 Å². The second-order valence-electron chi connectivity index (χ2n) is 7.99. The lowest BCUT2D eigenvalue weighted by Gasteiger charge is -2.27. The fourth-order valence-corrected chi connectivity index (χ4v) is 4.81. The molecule has 0 N–H and O–H groups in total. The summed E-state index contributed by atoms with van der Waals surface area (Å²) in [5.41, 5.74) is 3.55. The summed E-state index contributed by atoms with van der Waals surface area (Å²) in [6, 6.07) is 12.4. The Hall–Kier alpha value is -2.86. The first-order valence-corrected chi connectivity index (χ1v) is 10.1. The molecule has 1 aromatic carbocycles. The van der Waals surface area contributed by atoms with Gasteiger partial charge in [0.15, 0.2) is 0 Å². The van der Waals surface area contributed by atoms with Crippen LogP contribution in [0.5, 0.6) is 11.6 Å². The molecule has 2 aliphatic rings. The van der Waals surface area contributed by atoms with Crippen molar-refractivity contribution in [3.05, 3.63) is 60.2 Å². The molecule has 0 spiro atoms. The van der Waals surface area contributed by atoms with Crippen molar-refractivity contribution >= 4 is 0 Å². The van der Waals surface area contributed by atoms with Crippen molar-refractivity contribution in [3.63, 3.8) is 0 Å². The number of hydrogen-bond donors (Lipinski definition) is 0. The topological polar surface area (TPSA) is 52.4 Å². The number of methoxy groups -OCH3 is 2. The van der Waals surface area contributed by atoms with Crippen molar-refractivity contribution in [1.29, 1.82) is 0 Å². The number of hydrogen-bond acceptors (Lipinski definition) is 5. The van der Waals surface area contributed by atoms with Crippen LogP contribution in [-0.2, 0) is 19.5 Å². The van der Waals surface area contributed by atoms with E-state index in [4.69, 9.17) is 14.5 Å². The Balaban J connectivity index is 1.33. The van der Waals surface area contributed by atoms with E-state index in [-0.39, 0.29) is 0 Å². The van der Waals surface area contributed by atoms with Crippen molar-refractivity contribution < 1.29 is 9.47 Å². The van der Waals surface area contributed by atoms with E-state index in [1.165, 1.54) is 17.1 Å². The average molecular weight is 390 g/mol. The van der Waals surface area contributed by atoms with Crippen LogP contribution in [0.25, 0.3) is 11.3 Å². The summed E-state index contributed by atoms with van der Waals surface area (Å²) < 4.78 is 13.1. The van der Waals surface area contributed by atoms with Gasteiger partial charge < -0.3 is 14.0 Å². The van der Waals surface area contributed by atoms with Gasteiger partial charge in [0, 0.05) is 49.9 Å². The molecule has 150 valence electrons. The number of ether oxygens (including phenoxy) is 2. The first-order valence-electron chi connectivity index (χ1n) is 10.1. The van der Waals surface area contributed by atoms with Crippen molar-refractivity contribution in [2.45, 2.75) is 19.5 Å². The van der Waals surface area contributed by atoms with E-state index in [1.54, 1.807) is 20.4 Å². The van der Waals surface area contributed by atoms with Crippen LogP contribution in [0.15, 0.2) is 48.8 Å². The lowest BCUT2D eigenvalue weighted by molar-refractivity contribution is 0.299. The van der Waals surface area contributed by atoms with E-state index >= 15 is 0 Å². The molecule has 2 aromatic heterocycles. The predicted molar refractivity (Wildman–Crippen MR) is 111 cm³/mol. The molecule has 6 nitrogen and oxygen atoms in total. The first kappa shape index (κ1) is 18.2. The molecule has 3 aromatic rings. The quantitative estimate of drug-likeness (QED) is 0.669. The van der Waals surface area contributed by atoms with Crippen LogP contribution >= 0.6 is 0 Å². The van der Waals surface area contributed by atoms with Gasteiger partial charge in [0.1, 0.15) is 11.6 Å². The molecule has 1 fully saturated rings. The zero-order valence-electron chi connectivity index (χ0n) is 16.9. The Labute approximate surface area is 171 Å². The van der Waals surface area contributed by atoms with Gasteiger partial charge in [-0.3, -0.25) is 4.90 Å². The van der Waals surface area contributed by atoms with Gasteiger partial charge >= 0.3 is 0 Å². The third-order valence-electron chi connectivity index (χ3n) is 6.28. The van der Waals surface area contributed by atoms with Crippen LogP contribution in [0, 0.1) is 11.8 Å². The average Bonchev–Trinajstić information content (AvgIpc) is 3.35. The van der Waals surface area contributed by atoms with E-state index in [2.05, 4.69) is 32.7 Å². The van der Waals surface area contributed by atoms with Gasteiger partial charge in [-0.15, -0.1) is 0 Å². The molecule has 0 saturated carbocycles. The molecular weight excluding hydrogens is 364 g/mol. The molecule has 0 radical (unpaired) electrons. The zero-order valence-corrected chi connectivity index (χ0v) is 16.9. The second kappa shape index (κ2) is 7.52. The van der Waals surface area contributed by atoms with Crippen LogP contribution in [0.3, 0.4) is 0 Å². The van der Waals surface area contributed by atoms with E-state index in [9.17, 15) is 0 Å². The van der Waals surface area contributed by atoms with Crippen molar-refractivity contribution in [3.8, 4) is 22.9 Å². The Bertz CT molecular complexity index is 998. The van der Waals surface area contributed by atoms with Crippen LogP contribution in [-0.4, -0.2) is 46.7 Å². The monoisotopic (exact) mass is 390 g/mol. The zero-order chi connectivity index (χ0) is 19.8. The molecule has 4 heterocycles. The molecule has 0 aliphatic carbocycles. The fraction of sp³-hybridized carbons (Fsp3) is 0.391. The molecule has 29 heavy (non-hydrogen) atoms. The van der Waals surface area contributed by atoms with Crippen molar-refractivity contribution in [1.82, 2.24) is 19.4 Å². The summed E-state index contributed by atoms with van der Waals surface area (Å²) >= 11 is 0. The van der Waals surface area contributed by atoms with Gasteiger partial charge in [0.05, 0.1) is 26.1 Å². The largest absolute Gasteiger partial charge is 0.497 e. The Morgan fingerprint density at radius 3 is 2.59 bits per heavy atom. The van der Waals surface area contributed by atoms with E-state index in [1.807, 2.05) is 24.4 Å². The summed E-state index contributed by atoms with van der Waals surface area (Å²) in [6.07, 6.45) is 4.85. The van der Waals surface area contributed by atoms with Gasteiger partial charge in [-0.2, -0.15) is 0 Å². The highest BCUT2D eigenvalue weighted by atomic mass is 16.5. The highest BCUT2D eigenvalue weighted by molar-refractivity contribution is 5.60. The number of aromatic nitrogens is 3. The molecular formula is C23H26N4O2. The van der Waals surface area contributed by atoms with Crippen LogP contribution < -0.4 is 9.47 Å². The third-order valence-corrected chi connectivity index (χ3v) is 6.28. The molecule has 1 saturated heterocycles. The summed E-state index contributed by atoms with van der Waals surface area (Å²) in [5, 5.41) is 0. The van der Waals surface area contributed by atoms with Gasteiger partial charge in [-0.25, -0.2) is 9.97 Å². The maximum absolute atomic E-state index is 5.43. The lowest BCUT2D eigenvalue weighted by atomic mass is 9.89. The standard InChI is InChI=1S/C23H26N4O2/c1-28-20-7-5-16(6-8-20)21-11-25-22-10-18-13-26(14-19(18)15-27(21)22)12-17-4-3-9-24-23(17)29-2/h3-9,11,18-19H,10,12-15H2,1-2H3/t18-,19-/m0/s1. The number of rotatable bonds is 5. The maximum Gasteiger partial charge on any atom is 0.217 e. The Kier molecular flexibility index (Phi) is 4.72. The van der Waals surface area contributed by atoms with Crippen LogP contribution in [0.1, 0.15) is 11.4 Å². The minimum atomic E-state index is 0.649. The first-order chi connectivity index (χ1) is 14.2. The molecule has 6 heteroatoms. The second-order valence-corrected chi connectivity index (χ2v) is 7.99. The lowest BCUT2D eigenvalue weighted by Crippen LogP contribution is -2.28. The van der Waals surface area contributed by atoms with Crippen molar-refractivity contribution in [2.24, 2.45) is 11.8 Å². The van der Waals surface area contributed by atoms with Crippen molar-refractivity contribution in [2.75, 3.05) is 27.3 Å². The highest BCUT2D eigenvalue weighted by Gasteiger charge is 2.38. The highest BCUT2D eigenvalue weighted by Crippen LogP contribution is 2.36. The third kappa shape index (κ3) is 3.38. The number of nitrogens with zero attached hydrogens (tertiary/aromatic N) is 4. The number of benzene rings is 1. The number of imidazole rings is 1. The minimum Gasteiger partial charge on any atom is -0.497 e. The Morgan fingerprint density at radius 2 is 1.79 bits per heavy atom. The summed E-state index contributed by atoms with van der Waals surface area (Å²) in [6.45, 7) is 4.12. The predicted octanol–water partition coefficient (Wildman–Crippen LogP) is 3.27. The van der Waals surface area contributed by atoms with Gasteiger partial charge in [0.2, 0.25) is 5.88 Å². The Morgan fingerprint density at radius 1 is 0.966 bits per heavy atom. The summed E-state index contributed by atoms with van der Waals surface area (Å²) in [4.78, 5) is 11.6. The van der Waals surface area contributed by atoms with Crippen LogP contribution in [0.4, 0.5) is 0 Å². The normalized spacial score (nSPS) is 20.9. The smallest absolute Gasteiger partial charge is 0.217 e. The van der Waals surface area contributed by atoms with E-state index in [0.29, 0.717) is 11.8 Å². The maximum atomic E-state index is 5.43. The fourth-order valence-electron chi connectivity index (χ4n) is 4.81. The molecule has 2 atom stereocenters. The minimum absolute atomic E-state index is 0.649. The summed E-state index contributed by atoms with van der Waals surface area (Å²) in [5.74, 6) is 4.13. The van der Waals surface area contributed by atoms with Gasteiger partial charge in [-0.1, -0.05) is 6.07 Å². The molecule has 0 unspecified atom stereocenters. The summed E-state index contributed by atoms with van der Waals surface area (Å²) in [7, 11) is 3.39. The number of pyridine rings is 1. The number of likely N-dealkylation sites (tertiary alicyclic amines) is 1. The molecule has 0 bridgehead atoms. The molecule has 5 rings (SSSR count).